The molecule has 21 heavy (non-hydrogen) atoms. The molecule has 0 radical (unpaired) electrons. The fraction of sp³-hybridized carbons (Fsp3) is 0.647. The quantitative estimate of drug-likeness (QED) is 0.926. The Morgan fingerprint density at radius 1 is 1.29 bits per heavy atom. The molecule has 2 heterocycles. The number of pyridine rings is 1. The second-order valence-electron chi connectivity index (χ2n) is 6.46. The first-order valence-corrected chi connectivity index (χ1v) is 8.21. The lowest BCUT2D eigenvalue weighted by molar-refractivity contribution is -0.122. The van der Waals surface area contributed by atoms with E-state index in [1.54, 1.807) is 0 Å². The summed E-state index contributed by atoms with van der Waals surface area (Å²) < 4.78 is 0. The summed E-state index contributed by atoms with van der Waals surface area (Å²) in [5.74, 6) is 2.07. The van der Waals surface area contributed by atoms with E-state index in [1.165, 1.54) is 25.7 Å². The largest absolute Gasteiger partial charge is 0.357 e. The summed E-state index contributed by atoms with van der Waals surface area (Å²) in [7, 11) is 0. The van der Waals surface area contributed by atoms with Crippen LogP contribution in [0.3, 0.4) is 0 Å². The molecule has 0 bridgehead atoms. The number of nitrogens with zero attached hydrogens (tertiary/aromatic N) is 2. The van der Waals surface area contributed by atoms with Gasteiger partial charge in [0, 0.05) is 31.7 Å². The van der Waals surface area contributed by atoms with Crippen LogP contribution >= 0.6 is 0 Å². The smallest absolute Gasteiger partial charge is 0.223 e. The standard InChI is InChI=1S/C17H25N3O/c1-13-10-15(13)17(21)19-12-14-6-7-16(18-11-14)20-8-4-2-3-5-9-20/h6-7,11,13,15H,2-5,8-10,12H2,1H3,(H,19,21). The molecule has 3 rings (SSSR count). The molecular formula is C17H25N3O. The van der Waals surface area contributed by atoms with Crippen molar-refractivity contribution >= 4 is 11.7 Å². The van der Waals surface area contributed by atoms with Crippen LogP contribution < -0.4 is 10.2 Å². The minimum Gasteiger partial charge on any atom is -0.357 e. The van der Waals surface area contributed by atoms with Gasteiger partial charge in [-0.1, -0.05) is 25.8 Å². The third-order valence-corrected chi connectivity index (χ3v) is 4.65. The second kappa shape index (κ2) is 6.46. The molecular weight excluding hydrogens is 262 g/mol. The number of nitrogens with one attached hydrogen (secondary N) is 1. The molecule has 2 aliphatic rings. The van der Waals surface area contributed by atoms with Gasteiger partial charge < -0.3 is 10.2 Å². The van der Waals surface area contributed by atoms with Gasteiger partial charge in [-0.25, -0.2) is 4.98 Å². The van der Waals surface area contributed by atoms with Gasteiger partial charge in [0.25, 0.3) is 0 Å². The molecule has 4 nitrogen and oxygen atoms in total. The maximum atomic E-state index is 11.8. The van der Waals surface area contributed by atoms with Crippen LogP contribution in [0.4, 0.5) is 5.82 Å². The molecule has 2 unspecified atom stereocenters. The molecule has 1 saturated carbocycles. The Hall–Kier alpha value is -1.58. The highest BCUT2D eigenvalue weighted by Crippen LogP contribution is 2.37. The summed E-state index contributed by atoms with van der Waals surface area (Å²) in [4.78, 5) is 18.8. The van der Waals surface area contributed by atoms with Crippen LogP contribution in [0.1, 0.15) is 44.6 Å². The average Bonchev–Trinajstić information content (AvgIpc) is 3.28. The minimum absolute atomic E-state index is 0.194. The van der Waals surface area contributed by atoms with E-state index in [9.17, 15) is 4.79 Å². The lowest BCUT2D eigenvalue weighted by Crippen LogP contribution is -2.26. The Bertz CT molecular complexity index is 477. The van der Waals surface area contributed by atoms with E-state index >= 15 is 0 Å². The highest BCUT2D eigenvalue weighted by atomic mass is 16.2. The van der Waals surface area contributed by atoms with Gasteiger partial charge in [-0.05, 0) is 36.8 Å². The van der Waals surface area contributed by atoms with E-state index < -0.39 is 0 Å². The second-order valence-corrected chi connectivity index (χ2v) is 6.46. The Morgan fingerprint density at radius 2 is 2.00 bits per heavy atom. The molecule has 1 aromatic rings. The van der Waals surface area contributed by atoms with Crippen LogP contribution in [0.5, 0.6) is 0 Å². The minimum atomic E-state index is 0.194. The number of hydrogen-bond acceptors (Lipinski definition) is 3. The SMILES string of the molecule is CC1CC1C(=O)NCc1ccc(N2CCCCCC2)nc1. The van der Waals surface area contributed by atoms with Gasteiger partial charge in [0.15, 0.2) is 0 Å². The van der Waals surface area contributed by atoms with Gasteiger partial charge in [-0.3, -0.25) is 4.79 Å². The molecule has 2 atom stereocenters. The highest BCUT2D eigenvalue weighted by Gasteiger charge is 2.38. The van der Waals surface area contributed by atoms with Crippen LogP contribution in [0.15, 0.2) is 18.3 Å². The van der Waals surface area contributed by atoms with Gasteiger partial charge in [-0.15, -0.1) is 0 Å². The van der Waals surface area contributed by atoms with E-state index in [1.807, 2.05) is 6.20 Å². The number of rotatable bonds is 4. The molecule has 1 aromatic heterocycles. The molecule has 1 aliphatic carbocycles. The van der Waals surface area contributed by atoms with Crippen molar-refractivity contribution in [3.05, 3.63) is 23.9 Å². The monoisotopic (exact) mass is 287 g/mol. The van der Waals surface area contributed by atoms with Gasteiger partial charge in [0.1, 0.15) is 5.82 Å². The normalized spacial score (nSPS) is 25.3. The van der Waals surface area contributed by atoms with Crippen molar-refractivity contribution in [3.63, 3.8) is 0 Å². The van der Waals surface area contributed by atoms with E-state index in [0.29, 0.717) is 12.5 Å². The molecule has 1 saturated heterocycles. The van der Waals surface area contributed by atoms with Crippen LogP contribution in [0.2, 0.25) is 0 Å². The summed E-state index contributed by atoms with van der Waals surface area (Å²) in [6, 6.07) is 4.18. The number of carbonyl (C=O) groups is 1. The fourth-order valence-corrected chi connectivity index (χ4v) is 3.02. The summed E-state index contributed by atoms with van der Waals surface area (Å²) in [5.41, 5.74) is 1.08. The van der Waals surface area contributed by atoms with Gasteiger partial charge in [0.2, 0.25) is 5.91 Å². The zero-order valence-corrected chi connectivity index (χ0v) is 12.8. The molecule has 1 N–H and O–H groups in total. The first-order chi connectivity index (χ1) is 10.2. The van der Waals surface area contributed by atoms with Crippen molar-refractivity contribution in [2.24, 2.45) is 11.8 Å². The summed E-state index contributed by atoms with van der Waals surface area (Å²) in [6.45, 7) is 4.95. The fourth-order valence-electron chi connectivity index (χ4n) is 3.02. The molecule has 1 aliphatic heterocycles. The molecule has 114 valence electrons. The molecule has 2 fully saturated rings. The Balaban J connectivity index is 1.52. The van der Waals surface area contributed by atoms with Gasteiger partial charge in [-0.2, -0.15) is 0 Å². The number of carbonyl (C=O) groups excluding carboxylic acids is 1. The van der Waals surface area contributed by atoms with Crippen molar-refractivity contribution in [2.75, 3.05) is 18.0 Å². The summed E-state index contributed by atoms with van der Waals surface area (Å²) in [5, 5.41) is 3.01. The zero-order chi connectivity index (χ0) is 14.7. The van der Waals surface area contributed by atoms with E-state index in [-0.39, 0.29) is 11.8 Å². The number of hydrogen-bond donors (Lipinski definition) is 1. The predicted octanol–water partition coefficient (Wildman–Crippen LogP) is 2.73. The molecule has 1 amide bonds. The Kier molecular flexibility index (Phi) is 4.42. The number of aromatic nitrogens is 1. The molecule has 4 heteroatoms. The van der Waals surface area contributed by atoms with Crippen LogP contribution in [-0.2, 0) is 11.3 Å². The third kappa shape index (κ3) is 3.74. The lowest BCUT2D eigenvalue weighted by atomic mass is 10.2. The van der Waals surface area contributed by atoms with Crippen LogP contribution in [0, 0.1) is 11.8 Å². The van der Waals surface area contributed by atoms with Crippen molar-refractivity contribution in [1.29, 1.82) is 0 Å². The number of amides is 1. The van der Waals surface area contributed by atoms with E-state index in [2.05, 4.69) is 34.3 Å². The highest BCUT2D eigenvalue weighted by molar-refractivity contribution is 5.81. The van der Waals surface area contributed by atoms with Gasteiger partial charge in [0.05, 0.1) is 0 Å². The van der Waals surface area contributed by atoms with Crippen molar-refractivity contribution in [3.8, 4) is 0 Å². The maximum Gasteiger partial charge on any atom is 0.223 e. The van der Waals surface area contributed by atoms with Crippen molar-refractivity contribution in [1.82, 2.24) is 10.3 Å². The molecule has 0 spiro atoms. The van der Waals surface area contributed by atoms with Crippen molar-refractivity contribution in [2.45, 2.75) is 45.6 Å². The zero-order valence-electron chi connectivity index (χ0n) is 12.8. The predicted molar refractivity (Wildman–Crippen MR) is 84.0 cm³/mol. The van der Waals surface area contributed by atoms with Crippen LogP contribution in [0.25, 0.3) is 0 Å². The first-order valence-electron chi connectivity index (χ1n) is 8.21. The average molecular weight is 287 g/mol. The van der Waals surface area contributed by atoms with E-state index in [0.717, 1.165) is 30.9 Å². The third-order valence-electron chi connectivity index (χ3n) is 4.65. The van der Waals surface area contributed by atoms with Crippen molar-refractivity contribution < 1.29 is 4.79 Å². The topological polar surface area (TPSA) is 45.2 Å². The first kappa shape index (κ1) is 14.4. The summed E-state index contributed by atoms with van der Waals surface area (Å²) in [6.07, 6.45) is 8.13. The lowest BCUT2D eigenvalue weighted by Gasteiger charge is -2.21. The van der Waals surface area contributed by atoms with Crippen LogP contribution in [-0.4, -0.2) is 24.0 Å². The summed E-state index contributed by atoms with van der Waals surface area (Å²) >= 11 is 0. The number of anilines is 1. The molecule has 0 aromatic carbocycles. The Morgan fingerprint density at radius 3 is 2.57 bits per heavy atom. The maximum absolute atomic E-state index is 11.8. The van der Waals surface area contributed by atoms with E-state index in [4.69, 9.17) is 0 Å². The van der Waals surface area contributed by atoms with Gasteiger partial charge >= 0.3 is 0 Å². The Labute approximate surface area is 126 Å².